The topological polar surface area (TPSA) is 114 Å². The molecule has 0 bridgehead atoms. The predicted molar refractivity (Wildman–Crippen MR) is 144 cm³/mol. The molecule has 0 fully saturated rings. The summed E-state index contributed by atoms with van der Waals surface area (Å²) in [6.07, 6.45) is 15.5. The number of amides is 2. The second-order valence-electron chi connectivity index (χ2n) is 9.71. The second-order valence-corrected chi connectivity index (χ2v) is 9.71. The third-order valence-corrected chi connectivity index (χ3v) is 5.50. The van der Waals surface area contributed by atoms with Crippen molar-refractivity contribution < 1.29 is 29.0 Å². The van der Waals surface area contributed by atoms with Gasteiger partial charge in [-0.15, -0.1) is 0 Å². The van der Waals surface area contributed by atoms with Crippen molar-refractivity contribution in [1.29, 1.82) is 0 Å². The minimum Gasteiger partial charge on any atom is -0.490 e. The molecular formula is C29H40N2O6. The molecule has 1 aliphatic heterocycles. The zero-order valence-corrected chi connectivity index (χ0v) is 22.6. The van der Waals surface area contributed by atoms with Crippen molar-refractivity contribution in [1.82, 2.24) is 10.6 Å². The molecule has 0 aromatic rings. The van der Waals surface area contributed by atoms with Gasteiger partial charge in [0.2, 0.25) is 11.8 Å². The summed E-state index contributed by atoms with van der Waals surface area (Å²) in [6.45, 7) is 9.37. The Kier molecular flexibility index (Phi) is 13.8. The molecule has 0 aromatic heterocycles. The zero-order valence-electron chi connectivity index (χ0n) is 22.6. The summed E-state index contributed by atoms with van der Waals surface area (Å²) in [5.41, 5.74) is -0.529. The molecule has 0 aromatic carbocycles. The van der Waals surface area contributed by atoms with Gasteiger partial charge in [-0.25, -0.2) is 4.79 Å². The number of cyclic esters (lactones) is 1. The normalized spacial score (nSPS) is 18.7. The van der Waals surface area contributed by atoms with Crippen molar-refractivity contribution in [3.05, 3.63) is 60.6 Å². The first-order valence-corrected chi connectivity index (χ1v) is 12.3. The van der Waals surface area contributed by atoms with Crippen LogP contribution in [0.3, 0.4) is 0 Å². The van der Waals surface area contributed by atoms with Gasteiger partial charge < -0.3 is 25.2 Å². The van der Waals surface area contributed by atoms with Gasteiger partial charge in [-0.2, -0.15) is 0 Å². The van der Waals surface area contributed by atoms with Gasteiger partial charge in [0, 0.05) is 18.4 Å². The highest BCUT2D eigenvalue weighted by molar-refractivity contribution is 5.93. The standard InChI is InChI=1S/C29H40N2O6/c1-7-8-15-22(32)16-13-20-30-27(34)26(29(3,4)5)31-25(33)17-12-10-9-11-14-21(2)23-18-19-24(36-6)28(35)37-23/h7-8,11-14,17,19-23,26,32H,15-16,18H2,1-6H3,(H,30,34)(H,31,33)/b8-7-,14-11+,17-12+,20-13-/t21-,22-,23-,26?/m0/s1. The van der Waals surface area contributed by atoms with Crippen LogP contribution >= 0.6 is 0 Å². The lowest BCUT2D eigenvalue weighted by Crippen LogP contribution is -2.52. The zero-order chi connectivity index (χ0) is 27.8. The first-order valence-electron chi connectivity index (χ1n) is 12.3. The molecule has 1 aliphatic rings. The van der Waals surface area contributed by atoms with Crippen LogP contribution in [0.25, 0.3) is 0 Å². The maximum Gasteiger partial charge on any atom is 0.373 e. The van der Waals surface area contributed by atoms with Gasteiger partial charge in [0.25, 0.3) is 0 Å². The van der Waals surface area contributed by atoms with Crippen molar-refractivity contribution in [3.63, 3.8) is 0 Å². The highest BCUT2D eigenvalue weighted by Gasteiger charge is 2.32. The molecule has 8 nitrogen and oxygen atoms in total. The number of carbonyl (C=O) groups is 3. The average molecular weight is 513 g/mol. The molecule has 0 spiro atoms. The number of nitrogens with one attached hydrogen (secondary N) is 2. The van der Waals surface area contributed by atoms with Crippen molar-refractivity contribution >= 4 is 17.8 Å². The number of allylic oxidation sites excluding steroid dienone is 3. The van der Waals surface area contributed by atoms with Gasteiger partial charge >= 0.3 is 5.97 Å². The minimum atomic E-state index is -0.776. The number of rotatable bonds is 11. The van der Waals surface area contributed by atoms with E-state index < -0.39 is 29.4 Å². The first-order chi connectivity index (χ1) is 17.5. The molecule has 0 radical (unpaired) electrons. The summed E-state index contributed by atoms with van der Waals surface area (Å²) in [4.78, 5) is 36.8. The third-order valence-electron chi connectivity index (χ3n) is 5.50. The molecule has 202 valence electrons. The smallest absolute Gasteiger partial charge is 0.373 e. The fourth-order valence-corrected chi connectivity index (χ4v) is 3.28. The predicted octanol–water partition coefficient (Wildman–Crippen LogP) is 3.46. The van der Waals surface area contributed by atoms with Crippen LogP contribution in [0.5, 0.6) is 0 Å². The lowest BCUT2D eigenvalue weighted by molar-refractivity contribution is -0.151. The number of aliphatic hydroxyl groups is 1. The molecule has 0 saturated heterocycles. The second kappa shape index (κ2) is 16.2. The summed E-state index contributed by atoms with van der Waals surface area (Å²) in [7, 11) is 1.43. The Balaban J connectivity index is 2.59. The van der Waals surface area contributed by atoms with Crippen LogP contribution < -0.4 is 10.6 Å². The number of carbonyl (C=O) groups excluding carboxylic acids is 3. The van der Waals surface area contributed by atoms with E-state index in [1.165, 1.54) is 25.5 Å². The molecule has 1 rings (SSSR count). The van der Waals surface area contributed by atoms with Gasteiger partial charge in [0.15, 0.2) is 5.76 Å². The lowest BCUT2D eigenvalue weighted by atomic mass is 9.86. The third kappa shape index (κ3) is 12.3. The van der Waals surface area contributed by atoms with Crippen molar-refractivity contribution in [3.8, 4) is 11.8 Å². The van der Waals surface area contributed by atoms with Crippen LogP contribution in [0, 0.1) is 23.2 Å². The minimum absolute atomic E-state index is 0.0447. The van der Waals surface area contributed by atoms with Crippen molar-refractivity contribution in [2.75, 3.05) is 7.11 Å². The first kappa shape index (κ1) is 31.5. The van der Waals surface area contributed by atoms with Crippen LogP contribution in [0.4, 0.5) is 0 Å². The number of methoxy groups -OCH3 is 1. The van der Waals surface area contributed by atoms with Gasteiger partial charge in [-0.1, -0.05) is 63.8 Å². The maximum atomic E-state index is 12.7. The fourth-order valence-electron chi connectivity index (χ4n) is 3.28. The Morgan fingerprint density at radius 2 is 1.92 bits per heavy atom. The molecular weight excluding hydrogens is 472 g/mol. The highest BCUT2D eigenvalue weighted by Crippen LogP contribution is 2.21. The lowest BCUT2D eigenvalue weighted by Gasteiger charge is -2.29. The van der Waals surface area contributed by atoms with E-state index in [-0.39, 0.29) is 23.7 Å². The summed E-state index contributed by atoms with van der Waals surface area (Å²) in [5, 5.41) is 15.2. The Bertz CT molecular complexity index is 988. The Morgan fingerprint density at radius 3 is 2.54 bits per heavy atom. The molecule has 0 aliphatic carbocycles. The Morgan fingerprint density at radius 1 is 1.24 bits per heavy atom. The molecule has 37 heavy (non-hydrogen) atoms. The Hall–Kier alpha value is -3.57. The van der Waals surface area contributed by atoms with E-state index in [1.807, 2.05) is 52.8 Å². The Labute approximate surface area is 220 Å². The quantitative estimate of drug-likeness (QED) is 0.169. The fraction of sp³-hybridized carbons (Fsp3) is 0.483. The van der Waals surface area contributed by atoms with Crippen molar-refractivity contribution in [2.24, 2.45) is 11.3 Å². The summed E-state index contributed by atoms with van der Waals surface area (Å²) >= 11 is 0. The summed E-state index contributed by atoms with van der Waals surface area (Å²) in [5.74, 6) is 4.46. The van der Waals surface area contributed by atoms with Crippen LogP contribution in [0.2, 0.25) is 0 Å². The van der Waals surface area contributed by atoms with E-state index >= 15 is 0 Å². The number of esters is 1. The maximum absolute atomic E-state index is 12.7. The van der Waals surface area contributed by atoms with Gasteiger partial charge in [0.1, 0.15) is 12.1 Å². The number of hydrogen-bond donors (Lipinski definition) is 3. The van der Waals surface area contributed by atoms with Crippen LogP contribution in [0.15, 0.2) is 60.6 Å². The molecule has 1 unspecified atom stereocenters. The molecule has 3 N–H and O–H groups in total. The monoisotopic (exact) mass is 512 g/mol. The molecule has 2 amide bonds. The summed E-state index contributed by atoms with van der Waals surface area (Å²) < 4.78 is 10.3. The van der Waals surface area contributed by atoms with E-state index in [0.29, 0.717) is 19.3 Å². The number of ether oxygens (including phenoxy) is 2. The molecule has 8 heteroatoms. The molecule has 4 atom stereocenters. The number of aliphatic hydroxyl groups excluding tert-OH is 1. The van der Waals surface area contributed by atoms with E-state index in [9.17, 15) is 19.5 Å². The van der Waals surface area contributed by atoms with Crippen LogP contribution in [0.1, 0.15) is 53.9 Å². The average Bonchev–Trinajstić information content (AvgIpc) is 2.84. The molecule has 0 saturated carbocycles. The SMILES string of the molecule is C/C=C\C[C@H](O)C/C=C\NC(=O)C(NC(=O)/C=C/C#C/C=C/[C@H](C)[C@@H]1CC=C(OC)C(=O)O1)C(C)(C)C. The largest absolute Gasteiger partial charge is 0.490 e. The van der Waals surface area contributed by atoms with Crippen LogP contribution in [-0.4, -0.2) is 48.2 Å². The van der Waals surface area contributed by atoms with E-state index in [1.54, 1.807) is 18.2 Å². The van der Waals surface area contributed by atoms with E-state index in [0.717, 1.165) is 0 Å². The van der Waals surface area contributed by atoms with Gasteiger partial charge in [0.05, 0.1) is 13.2 Å². The van der Waals surface area contributed by atoms with Gasteiger partial charge in [-0.3, -0.25) is 9.59 Å². The van der Waals surface area contributed by atoms with Gasteiger partial charge in [-0.05, 0) is 49.6 Å². The van der Waals surface area contributed by atoms with Crippen LogP contribution in [-0.2, 0) is 23.9 Å². The number of hydrogen-bond acceptors (Lipinski definition) is 6. The molecule has 1 heterocycles. The summed E-state index contributed by atoms with van der Waals surface area (Å²) in [6, 6.07) is -0.776. The van der Waals surface area contributed by atoms with E-state index in [4.69, 9.17) is 9.47 Å². The van der Waals surface area contributed by atoms with E-state index in [2.05, 4.69) is 22.5 Å². The van der Waals surface area contributed by atoms with Crippen molar-refractivity contribution in [2.45, 2.75) is 72.1 Å². The highest BCUT2D eigenvalue weighted by atomic mass is 16.6.